The number of nitrogens with zero attached hydrogens (tertiary/aromatic N) is 2. The molecule has 0 bridgehead atoms. The summed E-state index contributed by atoms with van der Waals surface area (Å²) in [4.78, 5) is 34.5. The molecular formula is C22H24N4O4. The second-order valence-corrected chi connectivity index (χ2v) is 7.28. The number of piperidine rings is 1. The molecule has 1 aromatic heterocycles. The fourth-order valence-corrected chi connectivity index (χ4v) is 3.69. The van der Waals surface area contributed by atoms with Crippen LogP contribution in [0.1, 0.15) is 33.6 Å². The van der Waals surface area contributed by atoms with Crippen LogP contribution in [-0.4, -0.2) is 60.0 Å². The first kappa shape index (κ1) is 19.8. The molecule has 0 unspecified atom stereocenters. The molecule has 4 rings (SSSR count). The van der Waals surface area contributed by atoms with Gasteiger partial charge in [-0.3, -0.25) is 9.59 Å². The maximum Gasteiger partial charge on any atom is 0.254 e. The number of benzene rings is 2. The van der Waals surface area contributed by atoms with Crippen LogP contribution < -0.4 is 14.8 Å². The first-order valence-electron chi connectivity index (χ1n) is 9.83. The third kappa shape index (κ3) is 4.07. The van der Waals surface area contributed by atoms with Crippen molar-refractivity contribution in [3.8, 4) is 11.5 Å². The van der Waals surface area contributed by atoms with Crippen LogP contribution in [0.4, 0.5) is 0 Å². The van der Waals surface area contributed by atoms with Crippen LogP contribution in [0.15, 0.2) is 42.7 Å². The Balaban J connectivity index is 1.36. The largest absolute Gasteiger partial charge is 0.497 e. The summed E-state index contributed by atoms with van der Waals surface area (Å²) in [6.07, 6.45) is 3.01. The molecule has 8 nitrogen and oxygen atoms in total. The van der Waals surface area contributed by atoms with E-state index in [4.69, 9.17) is 9.47 Å². The molecule has 30 heavy (non-hydrogen) atoms. The lowest BCUT2D eigenvalue weighted by Gasteiger charge is -2.32. The van der Waals surface area contributed by atoms with Gasteiger partial charge in [0.05, 0.1) is 31.6 Å². The molecule has 1 aliphatic rings. The van der Waals surface area contributed by atoms with Gasteiger partial charge in [0.2, 0.25) is 0 Å². The standard InChI is InChI=1S/C22H24N4O4/c1-29-17-9-15(10-18(12-17)30-2)22(28)26-7-5-16(6-8-26)25-21(27)14-3-4-19-20(11-14)24-13-23-19/h3-4,9-13,16H,5-8H2,1-2H3,(H,23,24)(H,25,27). The Kier molecular flexibility index (Phi) is 5.56. The van der Waals surface area contributed by atoms with Gasteiger partial charge in [0.15, 0.2) is 0 Å². The number of H-pyrrole nitrogens is 1. The number of imidazole rings is 1. The second kappa shape index (κ2) is 8.44. The van der Waals surface area contributed by atoms with Crippen LogP contribution in [0.2, 0.25) is 0 Å². The minimum atomic E-state index is -0.117. The van der Waals surface area contributed by atoms with E-state index in [1.165, 1.54) is 0 Å². The number of methoxy groups -OCH3 is 2. The highest BCUT2D eigenvalue weighted by Gasteiger charge is 2.25. The van der Waals surface area contributed by atoms with Crippen molar-refractivity contribution in [2.24, 2.45) is 0 Å². The van der Waals surface area contributed by atoms with Crippen molar-refractivity contribution in [3.05, 3.63) is 53.9 Å². The topological polar surface area (TPSA) is 96.6 Å². The van der Waals surface area contributed by atoms with Crippen LogP contribution in [0.3, 0.4) is 0 Å². The zero-order valence-corrected chi connectivity index (χ0v) is 17.0. The molecule has 156 valence electrons. The summed E-state index contributed by atoms with van der Waals surface area (Å²) < 4.78 is 10.5. The predicted molar refractivity (Wildman–Crippen MR) is 112 cm³/mol. The third-order valence-electron chi connectivity index (χ3n) is 5.40. The molecule has 0 aliphatic carbocycles. The minimum absolute atomic E-state index is 0.0267. The highest BCUT2D eigenvalue weighted by Crippen LogP contribution is 2.24. The molecule has 2 aromatic carbocycles. The lowest BCUT2D eigenvalue weighted by Crippen LogP contribution is -2.46. The Morgan fingerprint density at radius 3 is 2.40 bits per heavy atom. The molecule has 2 heterocycles. The number of amides is 2. The predicted octanol–water partition coefficient (Wildman–Crippen LogP) is 2.61. The maximum absolute atomic E-state index is 12.9. The third-order valence-corrected chi connectivity index (χ3v) is 5.40. The summed E-state index contributed by atoms with van der Waals surface area (Å²) in [7, 11) is 3.11. The molecule has 0 radical (unpaired) electrons. The molecule has 2 N–H and O–H groups in total. The van der Waals surface area contributed by atoms with Crippen molar-refractivity contribution in [1.82, 2.24) is 20.2 Å². The van der Waals surface area contributed by atoms with Crippen molar-refractivity contribution in [3.63, 3.8) is 0 Å². The van der Waals surface area contributed by atoms with E-state index < -0.39 is 0 Å². The lowest BCUT2D eigenvalue weighted by atomic mass is 10.0. The van der Waals surface area contributed by atoms with Gasteiger partial charge in [-0.25, -0.2) is 4.98 Å². The van der Waals surface area contributed by atoms with Crippen molar-refractivity contribution < 1.29 is 19.1 Å². The van der Waals surface area contributed by atoms with Gasteiger partial charge in [-0.2, -0.15) is 0 Å². The van der Waals surface area contributed by atoms with Gasteiger partial charge in [0.1, 0.15) is 11.5 Å². The zero-order chi connectivity index (χ0) is 21.1. The van der Waals surface area contributed by atoms with E-state index in [1.54, 1.807) is 55.8 Å². The molecule has 1 saturated heterocycles. The SMILES string of the molecule is COc1cc(OC)cc(C(=O)N2CCC(NC(=O)c3ccc4nc[nH]c4c3)CC2)c1. The molecule has 8 heteroatoms. The molecule has 1 fully saturated rings. The van der Waals surface area contributed by atoms with Crippen LogP contribution in [0.5, 0.6) is 11.5 Å². The van der Waals surface area contributed by atoms with Crippen molar-refractivity contribution in [2.45, 2.75) is 18.9 Å². The van der Waals surface area contributed by atoms with Crippen LogP contribution >= 0.6 is 0 Å². The summed E-state index contributed by atoms with van der Waals surface area (Å²) in [5, 5.41) is 3.08. The van der Waals surface area contributed by atoms with E-state index in [1.807, 2.05) is 6.07 Å². The van der Waals surface area contributed by atoms with E-state index in [9.17, 15) is 9.59 Å². The Bertz CT molecular complexity index is 1050. The van der Waals surface area contributed by atoms with E-state index in [-0.39, 0.29) is 17.9 Å². The Morgan fingerprint density at radius 1 is 1.03 bits per heavy atom. The highest BCUT2D eigenvalue weighted by atomic mass is 16.5. The maximum atomic E-state index is 12.9. The van der Waals surface area contributed by atoms with Gasteiger partial charge < -0.3 is 24.7 Å². The van der Waals surface area contributed by atoms with Crippen LogP contribution in [0.25, 0.3) is 11.0 Å². The number of nitrogens with one attached hydrogen (secondary N) is 2. The number of carbonyl (C=O) groups excluding carboxylic acids is 2. The van der Waals surface area contributed by atoms with Gasteiger partial charge in [-0.05, 0) is 43.2 Å². The first-order chi connectivity index (χ1) is 14.6. The molecule has 0 atom stereocenters. The normalized spacial score (nSPS) is 14.5. The number of carbonyl (C=O) groups is 2. The summed E-state index contributed by atoms with van der Waals surface area (Å²) in [6, 6.07) is 10.6. The summed E-state index contributed by atoms with van der Waals surface area (Å²) in [5.41, 5.74) is 2.78. The van der Waals surface area contributed by atoms with Crippen molar-refractivity contribution >= 4 is 22.8 Å². The fourth-order valence-electron chi connectivity index (χ4n) is 3.69. The van der Waals surface area contributed by atoms with E-state index >= 15 is 0 Å². The average molecular weight is 408 g/mol. The van der Waals surface area contributed by atoms with Crippen LogP contribution in [-0.2, 0) is 0 Å². The smallest absolute Gasteiger partial charge is 0.254 e. The summed E-state index contributed by atoms with van der Waals surface area (Å²) >= 11 is 0. The number of fused-ring (bicyclic) bond motifs is 1. The van der Waals surface area contributed by atoms with Gasteiger partial charge in [0.25, 0.3) is 11.8 Å². The van der Waals surface area contributed by atoms with Crippen molar-refractivity contribution in [1.29, 1.82) is 0 Å². The molecule has 0 saturated carbocycles. The molecule has 1 aliphatic heterocycles. The first-order valence-corrected chi connectivity index (χ1v) is 9.83. The van der Waals surface area contributed by atoms with Gasteiger partial charge >= 0.3 is 0 Å². The Hall–Kier alpha value is -3.55. The molecular weight excluding hydrogens is 384 g/mol. The van der Waals surface area contributed by atoms with Gasteiger partial charge in [0, 0.05) is 36.3 Å². The molecule has 0 spiro atoms. The number of aromatic nitrogens is 2. The highest BCUT2D eigenvalue weighted by molar-refractivity contribution is 5.97. The van der Waals surface area contributed by atoms with Crippen LogP contribution in [0, 0.1) is 0 Å². The Morgan fingerprint density at radius 2 is 1.73 bits per heavy atom. The number of ether oxygens (including phenoxy) is 2. The van der Waals surface area contributed by atoms with Crippen molar-refractivity contribution in [2.75, 3.05) is 27.3 Å². The Labute approximate surface area is 174 Å². The number of hydrogen-bond donors (Lipinski definition) is 2. The monoisotopic (exact) mass is 408 g/mol. The average Bonchev–Trinajstić information content (AvgIpc) is 3.26. The zero-order valence-electron chi connectivity index (χ0n) is 17.0. The van der Waals surface area contributed by atoms with E-state index in [2.05, 4.69) is 15.3 Å². The van der Waals surface area contributed by atoms with Gasteiger partial charge in [-0.15, -0.1) is 0 Å². The van der Waals surface area contributed by atoms with Gasteiger partial charge in [-0.1, -0.05) is 0 Å². The number of hydrogen-bond acceptors (Lipinski definition) is 5. The second-order valence-electron chi connectivity index (χ2n) is 7.28. The fraction of sp³-hybridized carbons (Fsp3) is 0.318. The molecule has 3 aromatic rings. The lowest BCUT2D eigenvalue weighted by molar-refractivity contribution is 0.0697. The summed E-state index contributed by atoms with van der Waals surface area (Å²) in [6.45, 7) is 1.14. The van der Waals surface area contributed by atoms with E-state index in [0.29, 0.717) is 48.6 Å². The summed E-state index contributed by atoms with van der Waals surface area (Å²) in [5.74, 6) is 0.971. The quantitative estimate of drug-likeness (QED) is 0.677. The molecule has 2 amide bonds. The number of likely N-dealkylation sites (tertiary alicyclic amines) is 1. The van der Waals surface area contributed by atoms with E-state index in [0.717, 1.165) is 11.0 Å². The minimum Gasteiger partial charge on any atom is -0.497 e. The number of rotatable bonds is 5. The number of aromatic amines is 1.